The molecule has 1 aliphatic rings. The lowest BCUT2D eigenvalue weighted by Gasteiger charge is -2.11. The van der Waals surface area contributed by atoms with Crippen LogP contribution in [0.4, 0.5) is 9.18 Å². The molecule has 0 spiro atoms. The quantitative estimate of drug-likeness (QED) is 0.388. The van der Waals surface area contributed by atoms with E-state index in [-0.39, 0.29) is 23.8 Å². The van der Waals surface area contributed by atoms with Crippen molar-refractivity contribution in [3.63, 3.8) is 0 Å². The Morgan fingerprint density at radius 1 is 1.26 bits per heavy atom. The number of amides is 3. The van der Waals surface area contributed by atoms with Gasteiger partial charge in [-0.3, -0.25) is 9.69 Å². The number of carbonyl (C=O) groups excluding carboxylic acids is 2. The average Bonchev–Trinajstić information content (AvgIpc) is 2.88. The molecule has 2 aromatic rings. The third-order valence-corrected chi connectivity index (χ3v) is 4.70. The van der Waals surface area contributed by atoms with Crippen LogP contribution in [-0.4, -0.2) is 28.6 Å². The second-order valence-corrected chi connectivity index (χ2v) is 6.95. The molecule has 1 heterocycles. The second kappa shape index (κ2) is 7.95. The number of phenolic OH excluding ortho intramolecular Hbond substituents is 1. The highest BCUT2D eigenvalue weighted by molar-refractivity contribution is 14.1. The Hall–Kier alpha value is -2.62. The van der Waals surface area contributed by atoms with Crippen LogP contribution in [0, 0.1) is 9.39 Å². The Balaban J connectivity index is 1.85. The van der Waals surface area contributed by atoms with Crippen molar-refractivity contribution in [2.24, 2.45) is 0 Å². The molecule has 6 nitrogen and oxygen atoms in total. The van der Waals surface area contributed by atoms with Crippen LogP contribution in [0.15, 0.2) is 42.1 Å². The Labute approximate surface area is 168 Å². The Bertz CT molecular complexity index is 928. The number of hydrogen-bond donors (Lipinski definition) is 2. The summed E-state index contributed by atoms with van der Waals surface area (Å²) in [4.78, 5) is 25.8. The molecular formula is C19H16FIN2O4. The lowest BCUT2D eigenvalue weighted by atomic mass is 10.1. The molecular weight excluding hydrogens is 466 g/mol. The van der Waals surface area contributed by atoms with Crippen LogP contribution < -0.4 is 10.1 Å². The fourth-order valence-electron chi connectivity index (χ4n) is 2.60. The van der Waals surface area contributed by atoms with Gasteiger partial charge in [-0.15, -0.1) is 0 Å². The zero-order chi connectivity index (χ0) is 19.6. The van der Waals surface area contributed by atoms with Gasteiger partial charge in [-0.25, -0.2) is 9.18 Å². The molecule has 0 bridgehead atoms. The smallest absolute Gasteiger partial charge is 0.329 e. The third-order valence-electron chi connectivity index (χ3n) is 3.88. The molecule has 8 heteroatoms. The molecule has 3 rings (SSSR count). The van der Waals surface area contributed by atoms with Crippen molar-refractivity contribution in [2.45, 2.75) is 13.5 Å². The van der Waals surface area contributed by atoms with Crippen molar-refractivity contribution >= 4 is 40.6 Å². The normalized spacial score (nSPS) is 15.4. The van der Waals surface area contributed by atoms with Gasteiger partial charge in [0.1, 0.15) is 11.5 Å². The number of phenols is 1. The summed E-state index contributed by atoms with van der Waals surface area (Å²) < 4.78 is 19.0. The number of hydrogen-bond acceptors (Lipinski definition) is 4. The molecule has 0 atom stereocenters. The Kier molecular flexibility index (Phi) is 5.64. The van der Waals surface area contributed by atoms with E-state index in [4.69, 9.17) is 4.74 Å². The number of ether oxygens (including phenoxy) is 1. The summed E-state index contributed by atoms with van der Waals surface area (Å²) in [5.74, 6) is -0.538. The highest BCUT2D eigenvalue weighted by Crippen LogP contribution is 2.33. The van der Waals surface area contributed by atoms with Crippen LogP contribution in [0.3, 0.4) is 0 Å². The number of imide groups is 1. The first kappa shape index (κ1) is 19.2. The largest absolute Gasteiger partial charge is 0.504 e. The van der Waals surface area contributed by atoms with Crippen LogP contribution in [-0.2, 0) is 11.3 Å². The standard InChI is InChI=1S/C19H16FIN2O4/c1-2-27-16-9-12(7-14(21)17(16)24)8-15-18(25)23(19(26)22-15)10-11-3-5-13(20)6-4-11/h3-9,24H,2,10H2,1H3,(H,22,26). The van der Waals surface area contributed by atoms with Crippen LogP contribution in [0.1, 0.15) is 18.1 Å². The summed E-state index contributed by atoms with van der Waals surface area (Å²) in [5.41, 5.74) is 1.36. The third kappa shape index (κ3) is 4.21. The van der Waals surface area contributed by atoms with Gasteiger partial charge < -0.3 is 15.2 Å². The molecule has 0 aliphatic carbocycles. The highest BCUT2D eigenvalue weighted by atomic mass is 127. The predicted molar refractivity (Wildman–Crippen MR) is 105 cm³/mol. The molecule has 140 valence electrons. The summed E-state index contributed by atoms with van der Waals surface area (Å²) in [6.45, 7) is 2.22. The van der Waals surface area contributed by atoms with Crippen molar-refractivity contribution < 1.29 is 23.8 Å². The van der Waals surface area contributed by atoms with E-state index >= 15 is 0 Å². The molecule has 2 N–H and O–H groups in total. The van der Waals surface area contributed by atoms with Gasteiger partial charge in [0.05, 0.1) is 16.7 Å². The number of nitrogens with zero attached hydrogens (tertiary/aromatic N) is 1. The van der Waals surface area contributed by atoms with E-state index in [9.17, 15) is 19.1 Å². The van der Waals surface area contributed by atoms with E-state index < -0.39 is 11.9 Å². The van der Waals surface area contributed by atoms with E-state index in [0.717, 1.165) is 4.90 Å². The SMILES string of the molecule is CCOc1cc(C=C2NC(=O)N(Cc3ccc(F)cc3)C2=O)cc(I)c1O. The summed E-state index contributed by atoms with van der Waals surface area (Å²) in [6, 6.07) is 8.32. The Morgan fingerprint density at radius 3 is 2.63 bits per heavy atom. The van der Waals surface area contributed by atoms with E-state index in [2.05, 4.69) is 5.32 Å². The van der Waals surface area contributed by atoms with Gasteiger partial charge >= 0.3 is 6.03 Å². The highest BCUT2D eigenvalue weighted by Gasteiger charge is 2.33. The number of halogens is 2. The maximum absolute atomic E-state index is 13.0. The summed E-state index contributed by atoms with van der Waals surface area (Å²) in [5, 5.41) is 12.5. The summed E-state index contributed by atoms with van der Waals surface area (Å²) in [7, 11) is 0. The van der Waals surface area contributed by atoms with Crippen LogP contribution in [0.5, 0.6) is 11.5 Å². The molecule has 2 aromatic carbocycles. The fourth-order valence-corrected chi connectivity index (χ4v) is 3.22. The Morgan fingerprint density at radius 2 is 1.96 bits per heavy atom. The van der Waals surface area contributed by atoms with Gasteiger partial charge in [-0.1, -0.05) is 12.1 Å². The fraction of sp³-hybridized carbons (Fsp3) is 0.158. The first-order chi connectivity index (χ1) is 12.9. The van der Waals surface area contributed by atoms with Crippen LogP contribution in [0.2, 0.25) is 0 Å². The number of aromatic hydroxyl groups is 1. The molecule has 27 heavy (non-hydrogen) atoms. The van der Waals surface area contributed by atoms with Crippen molar-refractivity contribution in [2.75, 3.05) is 6.61 Å². The molecule has 1 fully saturated rings. The van der Waals surface area contributed by atoms with Gasteiger partial charge in [-0.05, 0) is 71.0 Å². The van der Waals surface area contributed by atoms with Crippen molar-refractivity contribution in [1.29, 1.82) is 0 Å². The van der Waals surface area contributed by atoms with E-state index in [0.29, 0.717) is 27.1 Å². The summed E-state index contributed by atoms with van der Waals surface area (Å²) in [6.07, 6.45) is 1.52. The molecule has 3 amide bonds. The first-order valence-electron chi connectivity index (χ1n) is 8.13. The maximum Gasteiger partial charge on any atom is 0.329 e. The lowest BCUT2D eigenvalue weighted by molar-refractivity contribution is -0.123. The van der Waals surface area contributed by atoms with Crippen molar-refractivity contribution in [3.8, 4) is 11.5 Å². The van der Waals surface area contributed by atoms with Crippen molar-refractivity contribution in [1.82, 2.24) is 10.2 Å². The number of urea groups is 1. The maximum atomic E-state index is 13.0. The molecule has 1 saturated heterocycles. The van der Waals surface area contributed by atoms with Crippen LogP contribution in [0.25, 0.3) is 6.08 Å². The van der Waals surface area contributed by atoms with E-state index in [1.807, 2.05) is 22.6 Å². The first-order valence-corrected chi connectivity index (χ1v) is 9.21. The molecule has 0 unspecified atom stereocenters. The van der Waals surface area contributed by atoms with Crippen LogP contribution >= 0.6 is 22.6 Å². The van der Waals surface area contributed by atoms with Gasteiger partial charge in [0.2, 0.25) is 0 Å². The zero-order valence-electron chi connectivity index (χ0n) is 14.3. The van der Waals surface area contributed by atoms with Gasteiger partial charge in [0.25, 0.3) is 5.91 Å². The van der Waals surface area contributed by atoms with E-state index in [1.54, 1.807) is 19.1 Å². The van der Waals surface area contributed by atoms with Gasteiger partial charge in [-0.2, -0.15) is 0 Å². The minimum atomic E-state index is -0.547. The minimum Gasteiger partial charge on any atom is -0.504 e. The number of rotatable bonds is 5. The minimum absolute atomic E-state index is 0.0271. The number of nitrogens with one attached hydrogen (secondary N) is 1. The molecule has 1 aliphatic heterocycles. The van der Waals surface area contributed by atoms with Gasteiger partial charge in [0, 0.05) is 0 Å². The topological polar surface area (TPSA) is 78.9 Å². The molecule has 0 radical (unpaired) electrons. The van der Waals surface area contributed by atoms with Gasteiger partial charge in [0.15, 0.2) is 11.5 Å². The summed E-state index contributed by atoms with van der Waals surface area (Å²) >= 11 is 1.96. The van der Waals surface area contributed by atoms with Crippen molar-refractivity contribution in [3.05, 3.63) is 62.6 Å². The zero-order valence-corrected chi connectivity index (χ0v) is 16.5. The molecule has 0 aromatic heterocycles. The van der Waals surface area contributed by atoms with E-state index in [1.165, 1.54) is 30.3 Å². The number of benzene rings is 2. The average molecular weight is 482 g/mol. The second-order valence-electron chi connectivity index (χ2n) is 5.79. The monoisotopic (exact) mass is 482 g/mol. The predicted octanol–water partition coefficient (Wildman–Crippen LogP) is 3.63. The lowest BCUT2D eigenvalue weighted by Crippen LogP contribution is -2.30. The number of carbonyl (C=O) groups is 2. The molecule has 0 saturated carbocycles.